The van der Waals surface area contributed by atoms with Crippen LogP contribution in [0.3, 0.4) is 0 Å². The number of fused-ring (bicyclic) bond motifs is 2. The van der Waals surface area contributed by atoms with Gasteiger partial charge in [-0.3, -0.25) is 9.59 Å². The van der Waals surface area contributed by atoms with Crippen molar-refractivity contribution in [3.05, 3.63) is 51.3 Å². The molecule has 188 valence electrons. The van der Waals surface area contributed by atoms with E-state index in [1.165, 1.54) is 6.92 Å². The average Bonchev–Trinajstić information content (AvgIpc) is 3.15. The summed E-state index contributed by atoms with van der Waals surface area (Å²) in [5, 5.41) is 2.67. The molecule has 0 bridgehead atoms. The number of hydrogen-bond donors (Lipinski definition) is 3. The van der Waals surface area contributed by atoms with Crippen LogP contribution in [-0.4, -0.2) is 47.6 Å². The number of anilines is 1. The molecule has 0 aliphatic carbocycles. The lowest BCUT2D eigenvalue weighted by atomic mass is 10.1. The van der Waals surface area contributed by atoms with Gasteiger partial charge in [-0.25, -0.2) is 9.59 Å². The first kappa shape index (κ1) is 27.3. The van der Waals surface area contributed by atoms with Crippen LogP contribution in [0, 0.1) is 6.92 Å². The molecule has 0 spiro atoms. The highest BCUT2D eigenvalue weighted by Gasteiger charge is 2.25. The van der Waals surface area contributed by atoms with E-state index >= 15 is 0 Å². The topological polar surface area (TPSA) is 176 Å². The van der Waals surface area contributed by atoms with Crippen molar-refractivity contribution in [2.75, 3.05) is 25.1 Å². The predicted octanol–water partition coefficient (Wildman–Crippen LogP) is 2.08. The smallest absolute Gasteiger partial charge is 0.374 e. The Morgan fingerprint density at radius 2 is 1.83 bits per heavy atom. The Hall–Kier alpha value is -3.90. The molecule has 0 saturated heterocycles. The minimum Gasteiger partial charge on any atom is -0.482 e. The van der Waals surface area contributed by atoms with Gasteiger partial charge in [0, 0.05) is 6.54 Å². The number of nitrogens with one attached hydrogen (secondary N) is 2. The largest absolute Gasteiger partial charge is 0.482 e. The Balaban J connectivity index is 0.000000265. The van der Waals surface area contributed by atoms with Crippen molar-refractivity contribution in [2.24, 2.45) is 5.73 Å². The van der Waals surface area contributed by atoms with Crippen molar-refractivity contribution in [1.29, 1.82) is 0 Å². The third-order valence-corrected chi connectivity index (χ3v) is 4.60. The Bertz CT molecular complexity index is 1300. The second-order valence-corrected chi connectivity index (χ2v) is 6.94. The molecule has 0 radical (unpaired) electrons. The Morgan fingerprint density at radius 1 is 1.14 bits per heavy atom. The second-order valence-electron chi connectivity index (χ2n) is 6.94. The molecule has 12 nitrogen and oxygen atoms in total. The maximum absolute atomic E-state index is 12.1. The summed E-state index contributed by atoms with van der Waals surface area (Å²) in [5.74, 6) is -0.951. The van der Waals surface area contributed by atoms with Crippen LogP contribution >= 0.6 is 12.4 Å². The molecule has 0 saturated carbocycles. The summed E-state index contributed by atoms with van der Waals surface area (Å²) in [4.78, 5) is 52.6. The number of H-pyrrole nitrogens is 1. The summed E-state index contributed by atoms with van der Waals surface area (Å²) in [6, 6.07) is 5.53. The lowest BCUT2D eigenvalue weighted by molar-refractivity contribution is -0.118. The fraction of sp³-hybridized carbons (Fsp3) is 0.318. The molecule has 1 aromatic carbocycles. The average molecular weight is 509 g/mol. The summed E-state index contributed by atoms with van der Waals surface area (Å²) in [6.45, 7) is 5.65. The van der Waals surface area contributed by atoms with Gasteiger partial charge >= 0.3 is 11.9 Å². The first-order chi connectivity index (χ1) is 16.3. The fourth-order valence-electron chi connectivity index (χ4n) is 3.12. The zero-order valence-electron chi connectivity index (χ0n) is 19.3. The van der Waals surface area contributed by atoms with Gasteiger partial charge in [0.15, 0.2) is 6.61 Å². The van der Waals surface area contributed by atoms with Crippen LogP contribution in [0.15, 0.2) is 27.4 Å². The molecule has 1 aliphatic rings. The van der Waals surface area contributed by atoms with Crippen LogP contribution < -0.4 is 21.3 Å². The van der Waals surface area contributed by atoms with Gasteiger partial charge < -0.3 is 34.7 Å². The number of carbonyl (C=O) groups excluding carboxylic acids is 3. The van der Waals surface area contributed by atoms with E-state index in [1.54, 1.807) is 13.8 Å². The third kappa shape index (κ3) is 6.16. The van der Waals surface area contributed by atoms with Gasteiger partial charge in [-0.2, -0.15) is 4.98 Å². The van der Waals surface area contributed by atoms with Crippen molar-refractivity contribution in [3.63, 3.8) is 0 Å². The monoisotopic (exact) mass is 508 g/mol. The van der Waals surface area contributed by atoms with E-state index in [0.29, 0.717) is 18.0 Å². The number of furan rings is 1. The van der Waals surface area contributed by atoms with E-state index in [4.69, 9.17) is 24.4 Å². The molecule has 4 rings (SSSR count). The zero-order valence-corrected chi connectivity index (χ0v) is 20.1. The van der Waals surface area contributed by atoms with Gasteiger partial charge in [-0.1, -0.05) is 6.07 Å². The summed E-state index contributed by atoms with van der Waals surface area (Å²) >= 11 is 0. The number of benzene rings is 1. The number of carbonyl (C=O) groups is 3. The van der Waals surface area contributed by atoms with Crippen molar-refractivity contribution in [1.82, 2.24) is 9.97 Å². The summed E-state index contributed by atoms with van der Waals surface area (Å²) in [7, 11) is 0. The minimum atomic E-state index is -0.775. The zero-order chi connectivity index (χ0) is 24.8. The number of halogens is 1. The van der Waals surface area contributed by atoms with E-state index in [9.17, 15) is 19.2 Å². The van der Waals surface area contributed by atoms with E-state index in [-0.39, 0.29) is 66.4 Å². The maximum Gasteiger partial charge on any atom is 0.374 e. The molecule has 3 heterocycles. The van der Waals surface area contributed by atoms with Crippen molar-refractivity contribution >= 4 is 47.0 Å². The highest BCUT2D eigenvalue weighted by atomic mass is 35.5. The highest BCUT2D eigenvalue weighted by molar-refractivity contribution is 6.03. The van der Waals surface area contributed by atoms with Gasteiger partial charge in [0.1, 0.15) is 22.5 Å². The van der Waals surface area contributed by atoms with Crippen LogP contribution in [0.1, 0.15) is 46.1 Å². The molecule has 1 amide bonds. The molecule has 35 heavy (non-hydrogen) atoms. The molecular weight excluding hydrogens is 484 g/mol. The van der Waals surface area contributed by atoms with Crippen LogP contribution in [-0.2, 0) is 20.8 Å². The summed E-state index contributed by atoms with van der Waals surface area (Å²) < 4.78 is 20.1. The second kappa shape index (κ2) is 12.0. The lowest BCUT2D eigenvalue weighted by Gasteiger charge is -2.18. The number of amides is 1. The standard InChI is InChI=1S/C13H14N2O6.C9H10N2O2.ClH/c1-4-19-12(17)7-6(3)21-11-8(7)10(16)14-9(15-11)13(18)20-5-2;10-4-6-1-2-8-7(3-6)11-9(12)5-13-8;/h4-5H2,1-3H3,(H,14,15,16);1-3H,4-5,10H2,(H,11,12);1H. The number of aromatic amines is 1. The van der Waals surface area contributed by atoms with E-state index < -0.39 is 17.5 Å². The number of hydrogen-bond acceptors (Lipinski definition) is 10. The summed E-state index contributed by atoms with van der Waals surface area (Å²) in [5.41, 5.74) is 6.39. The van der Waals surface area contributed by atoms with Crippen LogP contribution in [0.5, 0.6) is 5.75 Å². The first-order valence-electron chi connectivity index (χ1n) is 10.4. The van der Waals surface area contributed by atoms with Gasteiger partial charge in [-0.15, -0.1) is 12.4 Å². The van der Waals surface area contributed by atoms with Crippen molar-refractivity contribution in [3.8, 4) is 5.75 Å². The molecule has 2 aromatic heterocycles. The van der Waals surface area contributed by atoms with E-state index in [2.05, 4.69) is 15.3 Å². The molecular formula is C22H25ClN4O8. The Kier molecular flexibility index (Phi) is 9.37. The molecule has 4 N–H and O–H groups in total. The normalized spacial score (nSPS) is 11.7. The maximum atomic E-state index is 12.1. The number of aromatic nitrogens is 2. The molecule has 0 fully saturated rings. The Morgan fingerprint density at radius 3 is 2.49 bits per heavy atom. The highest BCUT2D eigenvalue weighted by Crippen LogP contribution is 2.28. The number of nitrogens with zero attached hydrogens (tertiary/aromatic N) is 1. The number of ether oxygens (including phenoxy) is 3. The summed E-state index contributed by atoms with van der Waals surface area (Å²) in [6.07, 6.45) is 0. The van der Waals surface area contributed by atoms with E-state index in [1.807, 2.05) is 18.2 Å². The van der Waals surface area contributed by atoms with Crippen molar-refractivity contribution in [2.45, 2.75) is 27.3 Å². The molecule has 13 heteroatoms. The Labute approximate surface area is 205 Å². The van der Waals surface area contributed by atoms with Gasteiger partial charge in [0.2, 0.25) is 11.5 Å². The number of rotatable bonds is 5. The quantitative estimate of drug-likeness (QED) is 0.432. The predicted molar refractivity (Wildman–Crippen MR) is 127 cm³/mol. The molecule has 0 unspecified atom stereocenters. The SMILES string of the molecule is CCOC(=O)c1nc2oc(C)c(C(=O)OCC)c2c(=O)[nH]1.Cl.NCc1ccc2c(c1)NC(=O)CO2. The lowest BCUT2D eigenvalue weighted by Crippen LogP contribution is -2.25. The number of nitrogens with two attached hydrogens (primary N) is 1. The van der Waals surface area contributed by atoms with E-state index in [0.717, 1.165) is 5.56 Å². The number of aryl methyl sites for hydroxylation is 1. The minimum absolute atomic E-state index is 0. The van der Waals surface area contributed by atoms with Crippen LogP contribution in [0.25, 0.3) is 11.1 Å². The first-order valence-corrected chi connectivity index (χ1v) is 10.4. The van der Waals surface area contributed by atoms with Crippen LogP contribution in [0.4, 0.5) is 5.69 Å². The van der Waals surface area contributed by atoms with Gasteiger partial charge in [-0.05, 0) is 38.5 Å². The fourth-order valence-corrected chi connectivity index (χ4v) is 3.12. The molecule has 1 aliphatic heterocycles. The van der Waals surface area contributed by atoms with Gasteiger partial charge in [0.05, 0.1) is 18.9 Å². The molecule has 3 aromatic rings. The third-order valence-electron chi connectivity index (χ3n) is 4.60. The van der Waals surface area contributed by atoms with Crippen molar-refractivity contribution < 1.29 is 33.0 Å². The number of esters is 2. The van der Waals surface area contributed by atoms with Crippen LogP contribution in [0.2, 0.25) is 0 Å². The molecule has 0 atom stereocenters. The van der Waals surface area contributed by atoms with Gasteiger partial charge in [0.25, 0.3) is 11.5 Å².